The normalized spacial score (nSPS) is 19.4. The number of hydrogen-bond acceptors (Lipinski definition) is 8. The fraction of sp³-hybridized carbons (Fsp3) is 0.529. The molecule has 1 saturated carbocycles. The van der Waals surface area contributed by atoms with Gasteiger partial charge >= 0.3 is 11.9 Å². The maximum atomic E-state index is 14.7. The van der Waals surface area contributed by atoms with E-state index in [0.717, 1.165) is 19.3 Å². The van der Waals surface area contributed by atoms with Crippen LogP contribution in [-0.2, 0) is 19.2 Å². The Labute approximate surface area is 273 Å². The van der Waals surface area contributed by atoms with Crippen molar-refractivity contribution in [1.29, 1.82) is 0 Å². The largest absolute Gasteiger partial charge is 0.481 e. The van der Waals surface area contributed by atoms with E-state index >= 15 is 0 Å². The Morgan fingerprint density at radius 3 is 2.30 bits per heavy atom. The summed E-state index contributed by atoms with van der Waals surface area (Å²) in [4.78, 5) is 72.6. The molecule has 254 valence electrons. The van der Waals surface area contributed by atoms with E-state index in [1.165, 1.54) is 35.4 Å². The van der Waals surface area contributed by atoms with Gasteiger partial charge in [-0.05, 0) is 81.5 Å². The van der Waals surface area contributed by atoms with Gasteiger partial charge in [-0.2, -0.15) is 0 Å². The van der Waals surface area contributed by atoms with Crippen LogP contribution in [0.3, 0.4) is 0 Å². The lowest BCUT2D eigenvalue weighted by atomic mass is 9.81. The minimum Gasteiger partial charge on any atom is -0.481 e. The van der Waals surface area contributed by atoms with Crippen LogP contribution >= 0.6 is 0 Å². The summed E-state index contributed by atoms with van der Waals surface area (Å²) in [6.07, 6.45) is 6.04. The average molecular weight is 655 g/mol. The lowest BCUT2D eigenvalue weighted by molar-refractivity contribution is -0.170. The number of carboxylic acids is 2. The second kappa shape index (κ2) is 15.6. The van der Waals surface area contributed by atoms with Gasteiger partial charge in [0, 0.05) is 42.7 Å². The van der Waals surface area contributed by atoms with Crippen LogP contribution in [0.5, 0.6) is 0 Å². The van der Waals surface area contributed by atoms with Gasteiger partial charge in [-0.3, -0.25) is 24.2 Å². The third-order valence-corrected chi connectivity index (χ3v) is 9.30. The number of likely N-dealkylation sites (tertiary alicyclic amines) is 1. The number of amides is 2. The number of carboxylic acid groups (broad SMARTS) is 2. The Balaban J connectivity index is 1.69. The SMILES string of the molecule is CN[C@@H](C)CN(C(=O)CC(O)(CC(=O)O)C(=O)O)[C@H](C(=O)N1CCC[C@H]1c1cncc(C(=O)c2ccc(F)cc2)c1)C1CCCCC1. The first-order valence-electron chi connectivity index (χ1n) is 16.0. The minimum atomic E-state index is -2.86. The number of pyridine rings is 1. The fourth-order valence-electron chi connectivity index (χ4n) is 6.69. The van der Waals surface area contributed by atoms with Crippen LogP contribution in [-0.4, -0.2) is 97.5 Å². The molecule has 47 heavy (non-hydrogen) atoms. The van der Waals surface area contributed by atoms with Crippen LogP contribution in [0.2, 0.25) is 0 Å². The van der Waals surface area contributed by atoms with Gasteiger partial charge < -0.3 is 30.4 Å². The number of nitrogens with one attached hydrogen (secondary N) is 1. The first kappa shape index (κ1) is 35.6. The van der Waals surface area contributed by atoms with Gasteiger partial charge in [0.1, 0.15) is 11.9 Å². The van der Waals surface area contributed by atoms with E-state index in [-0.39, 0.29) is 35.8 Å². The number of hydrogen-bond donors (Lipinski definition) is 4. The van der Waals surface area contributed by atoms with Gasteiger partial charge in [0.05, 0.1) is 18.9 Å². The molecule has 1 unspecified atom stereocenters. The van der Waals surface area contributed by atoms with Gasteiger partial charge in [-0.1, -0.05) is 19.3 Å². The van der Waals surface area contributed by atoms with Gasteiger partial charge in [0.2, 0.25) is 11.8 Å². The van der Waals surface area contributed by atoms with Gasteiger partial charge in [0.15, 0.2) is 11.4 Å². The van der Waals surface area contributed by atoms with E-state index in [0.29, 0.717) is 43.4 Å². The predicted molar refractivity (Wildman–Crippen MR) is 168 cm³/mol. The standard InChI is InChI=1S/C34H43FN4O8/c1-21(36-2)20-39(28(40)16-34(47,33(45)46)17-29(41)42)30(22-7-4-3-5-8-22)32(44)38-14-6-9-27(38)24-15-25(19-37-18-24)31(43)23-10-12-26(35)13-11-23/h10-13,15,18-19,21-22,27,30,36,47H,3-9,14,16-17,20H2,1-2H3,(H,41,42)(H,45,46)/t21-,27-,30-,34?/m0/s1. The molecule has 0 spiro atoms. The molecule has 1 aromatic carbocycles. The highest BCUT2D eigenvalue weighted by Gasteiger charge is 2.47. The van der Waals surface area contributed by atoms with Crippen molar-refractivity contribution >= 4 is 29.5 Å². The Morgan fingerprint density at radius 2 is 1.68 bits per heavy atom. The number of halogens is 1. The zero-order chi connectivity index (χ0) is 34.3. The molecule has 0 bridgehead atoms. The molecule has 1 aromatic heterocycles. The summed E-state index contributed by atoms with van der Waals surface area (Å²) in [5.74, 6) is -5.63. The molecule has 2 aromatic rings. The predicted octanol–water partition coefficient (Wildman–Crippen LogP) is 3.18. The Bertz CT molecular complexity index is 1460. The smallest absolute Gasteiger partial charge is 0.336 e. The molecule has 2 fully saturated rings. The minimum absolute atomic E-state index is 0.0206. The van der Waals surface area contributed by atoms with E-state index in [4.69, 9.17) is 0 Å². The molecular formula is C34H43FN4O8. The second-order valence-corrected chi connectivity index (χ2v) is 12.7. The van der Waals surface area contributed by atoms with Crippen LogP contribution in [0.4, 0.5) is 4.39 Å². The Morgan fingerprint density at radius 1 is 1.00 bits per heavy atom. The molecule has 4 rings (SSSR count). The maximum Gasteiger partial charge on any atom is 0.336 e. The molecule has 0 radical (unpaired) electrons. The molecule has 1 aliphatic carbocycles. The second-order valence-electron chi connectivity index (χ2n) is 12.7. The van der Waals surface area contributed by atoms with Crippen molar-refractivity contribution < 1.29 is 43.7 Å². The number of rotatable bonds is 14. The van der Waals surface area contributed by atoms with Crippen molar-refractivity contribution in [3.63, 3.8) is 0 Å². The van der Waals surface area contributed by atoms with Crippen LogP contribution in [0.15, 0.2) is 42.7 Å². The highest BCUT2D eigenvalue weighted by Crippen LogP contribution is 2.37. The molecule has 1 aliphatic heterocycles. The molecule has 1 saturated heterocycles. The summed E-state index contributed by atoms with van der Waals surface area (Å²) in [7, 11) is 1.69. The summed E-state index contributed by atoms with van der Waals surface area (Å²) < 4.78 is 13.5. The number of aromatic nitrogens is 1. The van der Waals surface area contributed by atoms with Crippen molar-refractivity contribution in [3.8, 4) is 0 Å². The highest BCUT2D eigenvalue weighted by atomic mass is 19.1. The summed E-state index contributed by atoms with van der Waals surface area (Å²) in [5, 5.41) is 32.8. The monoisotopic (exact) mass is 654 g/mol. The summed E-state index contributed by atoms with van der Waals surface area (Å²) >= 11 is 0. The summed E-state index contributed by atoms with van der Waals surface area (Å²) in [6.45, 7) is 2.20. The Kier molecular flexibility index (Phi) is 11.8. The van der Waals surface area contributed by atoms with Gasteiger partial charge in [-0.15, -0.1) is 0 Å². The van der Waals surface area contributed by atoms with E-state index in [1.807, 2.05) is 0 Å². The molecule has 2 aliphatic rings. The number of aliphatic hydroxyl groups is 1. The zero-order valence-electron chi connectivity index (χ0n) is 26.7. The van der Waals surface area contributed by atoms with Gasteiger partial charge in [-0.25, -0.2) is 9.18 Å². The summed E-state index contributed by atoms with van der Waals surface area (Å²) in [6, 6.07) is 5.11. The quantitative estimate of drug-likeness (QED) is 0.221. The first-order valence-corrected chi connectivity index (χ1v) is 16.0. The topological polar surface area (TPSA) is 177 Å². The molecule has 2 heterocycles. The molecule has 2 amide bonds. The number of benzene rings is 1. The first-order chi connectivity index (χ1) is 22.3. The number of carbonyl (C=O) groups excluding carboxylic acids is 3. The number of aliphatic carboxylic acids is 2. The van der Waals surface area contributed by atoms with E-state index in [9.17, 15) is 43.7 Å². The van der Waals surface area contributed by atoms with Crippen LogP contribution in [0.1, 0.15) is 92.2 Å². The molecule has 4 N–H and O–H groups in total. The van der Waals surface area contributed by atoms with Crippen LogP contribution < -0.4 is 5.32 Å². The lowest BCUT2D eigenvalue weighted by Gasteiger charge is -2.42. The van der Waals surface area contributed by atoms with Crippen molar-refractivity contribution in [2.24, 2.45) is 5.92 Å². The molecule has 13 heteroatoms. The maximum absolute atomic E-state index is 14.7. The van der Waals surface area contributed by atoms with Crippen molar-refractivity contribution in [1.82, 2.24) is 20.1 Å². The number of carbonyl (C=O) groups is 5. The third-order valence-electron chi connectivity index (χ3n) is 9.30. The van der Waals surface area contributed by atoms with Crippen LogP contribution in [0.25, 0.3) is 0 Å². The molecular weight excluding hydrogens is 611 g/mol. The fourth-order valence-corrected chi connectivity index (χ4v) is 6.69. The molecule has 12 nitrogen and oxygen atoms in total. The molecule has 4 atom stereocenters. The van der Waals surface area contributed by atoms with Gasteiger partial charge in [0.25, 0.3) is 0 Å². The van der Waals surface area contributed by atoms with Crippen molar-refractivity contribution in [2.45, 2.75) is 88.4 Å². The zero-order valence-corrected chi connectivity index (χ0v) is 26.7. The highest BCUT2D eigenvalue weighted by molar-refractivity contribution is 6.08. The third kappa shape index (κ3) is 8.58. The van der Waals surface area contributed by atoms with E-state index < -0.39 is 54.2 Å². The van der Waals surface area contributed by atoms with Crippen LogP contribution in [0, 0.1) is 11.7 Å². The Hall–Kier alpha value is -4.23. The van der Waals surface area contributed by atoms with E-state index in [1.54, 1.807) is 31.1 Å². The number of likely N-dealkylation sites (N-methyl/N-ethyl adjacent to an activating group) is 1. The lowest BCUT2D eigenvalue weighted by Crippen LogP contribution is -2.58. The van der Waals surface area contributed by atoms with Crippen molar-refractivity contribution in [3.05, 3.63) is 65.2 Å². The number of nitrogens with zero attached hydrogens (tertiary/aromatic N) is 3. The van der Waals surface area contributed by atoms with Crippen molar-refractivity contribution in [2.75, 3.05) is 20.1 Å². The number of ketones is 1. The summed E-state index contributed by atoms with van der Waals surface area (Å²) in [5.41, 5.74) is -1.65. The average Bonchev–Trinajstić information content (AvgIpc) is 3.55. The van der Waals surface area contributed by atoms with E-state index in [2.05, 4.69) is 10.3 Å².